The van der Waals surface area contributed by atoms with Crippen molar-refractivity contribution >= 4 is 22.6 Å². The number of anilines is 3. The Morgan fingerprint density at radius 2 is 1.70 bits per heavy atom. The second-order valence-electron chi connectivity index (χ2n) is 12.0. The van der Waals surface area contributed by atoms with Crippen molar-refractivity contribution in [1.29, 1.82) is 0 Å². The van der Waals surface area contributed by atoms with Crippen molar-refractivity contribution in [3.8, 4) is 23.5 Å². The molecule has 1 aliphatic carbocycles. The summed E-state index contributed by atoms with van der Waals surface area (Å²) in [5.41, 5.74) is 11.2. The highest BCUT2D eigenvalue weighted by molar-refractivity contribution is 5.83. The molecular formula is C44H37N3. The highest BCUT2D eigenvalue weighted by Gasteiger charge is 2.25. The van der Waals surface area contributed by atoms with E-state index in [1.807, 2.05) is 18.5 Å². The average Bonchev–Trinajstić information content (AvgIpc) is 3.29. The van der Waals surface area contributed by atoms with Crippen molar-refractivity contribution in [2.45, 2.75) is 18.8 Å². The maximum atomic E-state index is 6.05. The molecule has 0 saturated carbocycles. The molecule has 2 bridgehead atoms. The highest BCUT2D eigenvalue weighted by Crippen LogP contribution is 2.43. The summed E-state index contributed by atoms with van der Waals surface area (Å²) in [4.78, 5) is 9.34. The summed E-state index contributed by atoms with van der Waals surface area (Å²) >= 11 is 0. The van der Waals surface area contributed by atoms with Crippen molar-refractivity contribution in [2.24, 2.45) is 0 Å². The van der Waals surface area contributed by atoms with Crippen molar-refractivity contribution < 1.29 is 0 Å². The number of pyridine rings is 1. The Balaban J connectivity index is 1.13. The molecule has 2 unspecified atom stereocenters. The van der Waals surface area contributed by atoms with Gasteiger partial charge in [0.25, 0.3) is 0 Å². The smallest absolute Gasteiger partial charge is 0.0502 e. The number of nitrogens with zero attached hydrogens (tertiary/aromatic N) is 3. The third-order valence-electron chi connectivity index (χ3n) is 8.95. The molecular weight excluding hydrogens is 571 g/mol. The Morgan fingerprint density at radius 3 is 2.60 bits per heavy atom. The summed E-state index contributed by atoms with van der Waals surface area (Å²) in [6.45, 7) is 3.85. The van der Waals surface area contributed by atoms with E-state index in [-0.39, 0.29) is 5.92 Å². The minimum absolute atomic E-state index is 0.270. The lowest BCUT2D eigenvalue weighted by Crippen LogP contribution is -2.24. The molecule has 2 aliphatic heterocycles. The predicted molar refractivity (Wildman–Crippen MR) is 199 cm³/mol. The minimum Gasteiger partial charge on any atom is -0.364 e. The van der Waals surface area contributed by atoms with Gasteiger partial charge in [-0.05, 0) is 65.3 Å². The lowest BCUT2D eigenvalue weighted by atomic mass is 9.91. The fourth-order valence-corrected chi connectivity index (χ4v) is 6.56. The van der Waals surface area contributed by atoms with Gasteiger partial charge in [0.2, 0.25) is 0 Å². The lowest BCUT2D eigenvalue weighted by molar-refractivity contribution is 0.906. The summed E-state index contributed by atoms with van der Waals surface area (Å²) in [5.74, 6) is 3.51. The van der Waals surface area contributed by atoms with Gasteiger partial charge >= 0.3 is 0 Å². The van der Waals surface area contributed by atoms with Gasteiger partial charge in [0.15, 0.2) is 0 Å². The largest absolute Gasteiger partial charge is 0.364 e. The molecule has 3 heteroatoms. The van der Waals surface area contributed by atoms with Crippen molar-refractivity contribution in [3.63, 3.8) is 0 Å². The van der Waals surface area contributed by atoms with E-state index in [1.165, 1.54) is 28.2 Å². The van der Waals surface area contributed by atoms with Crippen LogP contribution in [0.2, 0.25) is 0 Å². The SMILES string of the molecule is C#C/C(=C\C=C/CN1C/C=C\C=C/C(C)c2ccccc21)c1cncc(-c2cccc(N3C4=CC(C=CC=C4)c4ccccc43)c2)c1. The molecule has 0 N–H and O–H groups in total. The van der Waals surface area contributed by atoms with E-state index in [1.54, 1.807) is 0 Å². The molecule has 3 aromatic carbocycles. The van der Waals surface area contributed by atoms with Crippen LogP contribution >= 0.6 is 0 Å². The first-order chi connectivity index (χ1) is 23.2. The van der Waals surface area contributed by atoms with Crippen LogP contribution in [-0.2, 0) is 0 Å². The standard InChI is InChI=1S/C44H37N3/c1-3-34(17-12-14-27-46-26-13-4-5-16-33(2)41-22-8-10-24-43(41)46)37-28-38(32-45-31-37)35-19-15-21-40(29-35)47-39-20-7-6-18-36(30-39)42-23-9-11-25-44(42)47/h1,4-25,28-33,36H,26-27H2,2H3/b13-4-,14-12-,16-5-,34-17+. The summed E-state index contributed by atoms with van der Waals surface area (Å²) in [6, 6.07) is 28.1. The van der Waals surface area contributed by atoms with Crippen LogP contribution in [0.3, 0.4) is 0 Å². The fraction of sp³-hybridized carbons (Fsp3) is 0.114. The number of allylic oxidation sites excluding steroid dienone is 11. The number of para-hydroxylation sites is 2. The number of rotatable bonds is 6. The summed E-state index contributed by atoms with van der Waals surface area (Å²) in [6.07, 6.45) is 35.8. The quantitative estimate of drug-likeness (QED) is 0.161. The molecule has 2 atom stereocenters. The van der Waals surface area contributed by atoms with Gasteiger partial charge in [-0.25, -0.2) is 0 Å². The van der Waals surface area contributed by atoms with E-state index in [0.29, 0.717) is 5.92 Å². The monoisotopic (exact) mass is 607 g/mol. The second kappa shape index (κ2) is 13.6. The van der Waals surface area contributed by atoms with E-state index in [9.17, 15) is 0 Å². The maximum absolute atomic E-state index is 6.05. The van der Waals surface area contributed by atoms with Crippen LogP contribution in [0, 0.1) is 12.3 Å². The zero-order valence-electron chi connectivity index (χ0n) is 26.6. The normalized spacial score (nSPS) is 19.8. The van der Waals surface area contributed by atoms with Gasteiger partial charge in [-0.3, -0.25) is 4.98 Å². The summed E-state index contributed by atoms with van der Waals surface area (Å²) in [7, 11) is 0. The summed E-state index contributed by atoms with van der Waals surface area (Å²) in [5, 5.41) is 0. The van der Waals surface area contributed by atoms with Gasteiger partial charge in [0, 0.05) is 71.1 Å². The van der Waals surface area contributed by atoms with Crippen molar-refractivity contribution in [3.05, 3.63) is 187 Å². The first-order valence-electron chi connectivity index (χ1n) is 16.2. The Morgan fingerprint density at radius 1 is 0.872 bits per heavy atom. The third kappa shape index (κ3) is 6.32. The van der Waals surface area contributed by atoms with Crippen LogP contribution < -0.4 is 9.80 Å². The van der Waals surface area contributed by atoms with Crippen molar-refractivity contribution in [1.82, 2.24) is 4.98 Å². The number of hydrogen-bond donors (Lipinski definition) is 0. The Labute approximate surface area is 278 Å². The van der Waals surface area contributed by atoms with Crippen LogP contribution in [0.1, 0.15) is 35.4 Å². The number of benzene rings is 3. The van der Waals surface area contributed by atoms with Crippen LogP contribution in [0.25, 0.3) is 16.7 Å². The molecule has 3 aliphatic rings. The molecule has 0 spiro atoms. The van der Waals surface area contributed by atoms with E-state index in [4.69, 9.17) is 6.42 Å². The topological polar surface area (TPSA) is 19.4 Å². The van der Waals surface area contributed by atoms with E-state index >= 15 is 0 Å². The first kappa shape index (κ1) is 29.8. The predicted octanol–water partition coefficient (Wildman–Crippen LogP) is 10.3. The molecule has 1 aromatic heterocycles. The number of aromatic nitrogens is 1. The maximum Gasteiger partial charge on any atom is 0.0502 e. The molecule has 0 fully saturated rings. The van der Waals surface area contributed by atoms with Crippen molar-refractivity contribution in [2.75, 3.05) is 22.9 Å². The number of fused-ring (bicyclic) bond motifs is 4. The molecule has 0 saturated heterocycles. The molecule has 7 rings (SSSR count). The Hall–Kier alpha value is -5.85. The van der Waals surface area contributed by atoms with Crippen LogP contribution in [0.5, 0.6) is 0 Å². The minimum atomic E-state index is 0.270. The molecule has 0 radical (unpaired) electrons. The van der Waals surface area contributed by atoms with Gasteiger partial charge < -0.3 is 9.80 Å². The first-order valence-corrected chi connectivity index (χ1v) is 16.2. The summed E-state index contributed by atoms with van der Waals surface area (Å²) < 4.78 is 0. The van der Waals surface area contributed by atoms with Crippen LogP contribution in [-0.4, -0.2) is 18.1 Å². The molecule has 3 heterocycles. The van der Waals surface area contributed by atoms with Gasteiger partial charge in [-0.15, -0.1) is 6.42 Å². The number of hydrogen-bond acceptors (Lipinski definition) is 3. The molecule has 228 valence electrons. The molecule has 0 amide bonds. The zero-order chi connectivity index (χ0) is 32.0. The number of terminal acetylenes is 1. The fourth-order valence-electron chi connectivity index (χ4n) is 6.56. The third-order valence-corrected chi connectivity index (χ3v) is 8.95. The van der Waals surface area contributed by atoms with Crippen LogP contribution in [0.15, 0.2) is 170 Å². The molecule has 4 aromatic rings. The zero-order valence-corrected chi connectivity index (χ0v) is 26.6. The Kier molecular flexibility index (Phi) is 8.66. The highest BCUT2D eigenvalue weighted by atomic mass is 15.2. The van der Waals surface area contributed by atoms with Gasteiger partial charge in [-0.2, -0.15) is 0 Å². The van der Waals surface area contributed by atoms with Gasteiger partial charge in [0.05, 0.1) is 5.69 Å². The Bertz CT molecular complexity index is 2040. The average molecular weight is 608 g/mol. The van der Waals surface area contributed by atoms with Gasteiger partial charge in [0.1, 0.15) is 0 Å². The van der Waals surface area contributed by atoms with E-state index in [2.05, 4.69) is 173 Å². The van der Waals surface area contributed by atoms with E-state index in [0.717, 1.165) is 41.0 Å². The molecule has 3 nitrogen and oxygen atoms in total. The lowest BCUT2D eigenvalue weighted by Gasteiger charge is -2.34. The van der Waals surface area contributed by atoms with Crippen LogP contribution in [0.4, 0.5) is 17.1 Å². The second-order valence-corrected chi connectivity index (χ2v) is 12.0. The van der Waals surface area contributed by atoms with E-state index < -0.39 is 0 Å². The van der Waals surface area contributed by atoms with Gasteiger partial charge in [-0.1, -0.05) is 116 Å². The molecule has 47 heavy (non-hydrogen) atoms.